The van der Waals surface area contributed by atoms with E-state index in [1.54, 1.807) is 0 Å². The van der Waals surface area contributed by atoms with Crippen LogP contribution in [0.5, 0.6) is 0 Å². The Balaban J connectivity index is 0. The molecule has 0 atom stereocenters. The van der Waals surface area contributed by atoms with E-state index in [-0.39, 0.29) is 0 Å². The van der Waals surface area contributed by atoms with Gasteiger partial charge in [0.2, 0.25) is 0 Å². The van der Waals surface area contributed by atoms with Crippen LogP contribution in [0, 0.1) is 0 Å². The van der Waals surface area contributed by atoms with Gasteiger partial charge in [0.05, 0.1) is 27.2 Å². The molecule has 0 aromatic heterocycles. The fraction of sp³-hybridized carbons (Fsp3) is 0.947. The van der Waals surface area contributed by atoms with Crippen molar-refractivity contribution in [2.24, 2.45) is 5.73 Å². The maximum absolute atomic E-state index is 8.89. The number of carboxylic acids is 1. The minimum atomic E-state index is -1.08. The van der Waals surface area contributed by atoms with Crippen molar-refractivity contribution in [3.05, 3.63) is 0 Å². The molecule has 23 heavy (non-hydrogen) atoms. The molecular formula is C19H42N2O2. The third-order valence-electron chi connectivity index (χ3n) is 4.08. The predicted octanol–water partition coefficient (Wildman–Crippen LogP) is 3.09. The Kier molecular flexibility index (Phi) is 19.0. The number of carboxylic acid groups (broad SMARTS) is 1. The molecule has 0 heterocycles. The van der Waals surface area contributed by atoms with E-state index >= 15 is 0 Å². The maximum Gasteiger partial charge on any atom is 0.0794 e. The van der Waals surface area contributed by atoms with E-state index < -0.39 is 5.97 Å². The molecule has 0 rings (SSSR count). The highest BCUT2D eigenvalue weighted by molar-refractivity contribution is 5.60. The molecule has 140 valence electrons. The summed E-state index contributed by atoms with van der Waals surface area (Å²) in [7, 11) is 4.67. The summed E-state index contributed by atoms with van der Waals surface area (Å²) in [5.41, 5.74) is 5.58. The highest BCUT2D eigenvalue weighted by Gasteiger charge is 2.12. The first kappa shape index (κ1) is 24.6. The first-order valence-electron chi connectivity index (χ1n) is 9.55. The van der Waals surface area contributed by atoms with Gasteiger partial charge in [0.15, 0.2) is 0 Å². The monoisotopic (exact) mass is 330 g/mol. The van der Waals surface area contributed by atoms with Gasteiger partial charge in [-0.15, -0.1) is 0 Å². The van der Waals surface area contributed by atoms with Gasteiger partial charge >= 0.3 is 0 Å². The number of carbonyl (C=O) groups is 1. The number of aliphatic carboxylic acids is 1. The number of hydrogen-bond acceptors (Lipinski definition) is 3. The molecule has 0 bridgehead atoms. The van der Waals surface area contributed by atoms with Crippen molar-refractivity contribution in [1.82, 2.24) is 0 Å². The first-order valence-corrected chi connectivity index (χ1v) is 9.55. The van der Waals surface area contributed by atoms with Crippen LogP contribution in [0.15, 0.2) is 0 Å². The number of nitrogens with zero attached hydrogens (tertiary/aromatic N) is 1. The first-order chi connectivity index (χ1) is 10.9. The second kappa shape index (κ2) is 17.7. The minimum Gasteiger partial charge on any atom is -0.550 e. The van der Waals surface area contributed by atoms with Crippen molar-refractivity contribution in [3.8, 4) is 0 Å². The predicted molar refractivity (Wildman–Crippen MR) is 98.0 cm³/mol. The van der Waals surface area contributed by atoms with Crippen LogP contribution >= 0.6 is 0 Å². The Morgan fingerprint density at radius 1 is 0.826 bits per heavy atom. The van der Waals surface area contributed by atoms with Crippen LogP contribution in [0.3, 0.4) is 0 Å². The molecule has 0 amide bonds. The van der Waals surface area contributed by atoms with Crippen molar-refractivity contribution in [1.29, 1.82) is 0 Å². The lowest BCUT2D eigenvalue weighted by molar-refractivity contribution is -0.890. The van der Waals surface area contributed by atoms with Crippen molar-refractivity contribution < 1.29 is 14.4 Å². The Hall–Kier alpha value is -0.610. The van der Waals surface area contributed by atoms with Gasteiger partial charge in [0.25, 0.3) is 0 Å². The summed E-state index contributed by atoms with van der Waals surface area (Å²) < 4.78 is 1.15. The molecule has 0 radical (unpaired) electrons. The SMILES string of the molecule is CC(=O)[O-].CCCCCCCCCCCC[N+](C)(C)CCCN. The van der Waals surface area contributed by atoms with Crippen LogP contribution in [-0.4, -0.2) is 44.2 Å². The Bertz CT molecular complexity index is 252. The lowest BCUT2D eigenvalue weighted by atomic mass is 10.1. The van der Waals surface area contributed by atoms with Gasteiger partial charge < -0.3 is 20.1 Å². The zero-order valence-electron chi connectivity index (χ0n) is 16.2. The summed E-state index contributed by atoms with van der Waals surface area (Å²) in [6.07, 6.45) is 15.4. The molecule has 0 aromatic carbocycles. The summed E-state index contributed by atoms with van der Waals surface area (Å²) >= 11 is 0. The Labute approximate surface area is 145 Å². The van der Waals surface area contributed by atoms with Crippen molar-refractivity contribution in [2.45, 2.75) is 84.5 Å². The molecular weight excluding hydrogens is 288 g/mol. The zero-order chi connectivity index (χ0) is 18.0. The van der Waals surface area contributed by atoms with Gasteiger partial charge in [-0.3, -0.25) is 0 Å². The molecule has 4 heteroatoms. The number of unbranched alkanes of at least 4 members (excludes halogenated alkanes) is 9. The van der Waals surface area contributed by atoms with Gasteiger partial charge in [0.1, 0.15) is 0 Å². The molecule has 0 aliphatic heterocycles. The van der Waals surface area contributed by atoms with Crippen molar-refractivity contribution in [2.75, 3.05) is 33.7 Å². The van der Waals surface area contributed by atoms with E-state index in [4.69, 9.17) is 15.6 Å². The summed E-state index contributed by atoms with van der Waals surface area (Å²) in [6.45, 7) is 6.64. The molecule has 0 aromatic rings. The van der Waals surface area contributed by atoms with E-state index in [0.29, 0.717) is 0 Å². The molecule has 2 N–H and O–H groups in total. The van der Waals surface area contributed by atoms with Gasteiger partial charge in [0, 0.05) is 12.4 Å². The van der Waals surface area contributed by atoms with Gasteiger partial charge in [-0.05, 0) is 26.3 Å². The van der Waals surface area contributed by atoms with E-state index in [0.717, 1.165) is 24.4 Å². The minimum absolute atomic E-state index is 0.833. The molecule has 0 saturated carbocycles. The third kappa shape index (κ3) is 26.6. The standard InChI is InChI=1S/C17H39N2.C2H4O2/c1-4-5-6-7-8-9-10-11-12-13-16-19(2,3)17-14-15-18;1-2(3)4/h4-18H2,1-3H3;1H3,(H,3,4)/q+1;/p-1. The average Bonchev–Trinajstić information content (AvgIpc) is 2.46. The number of rotatable bonds is 14. The molecule has 0 aliphatic carbocycles. The van der Waals surface area contributed by atoms with E-state index in [9.17, 15) is 0 Å². The molecule has 0 saturated heterocycles. The number of nitrogens with two attached hydrogens (primary N) is 1. The van der Waals surface area contributed by atoms with Crippen molar-refractivity contribution in [3.63, 3.8) is 0 Å². The molecule has 0 unspecified atom stereocenters. The smallest absolute Gasteiger partial charge is 0.0794 e. The van der Waals surface area contributed by atoms with Crippen LogP contribution < -0.4 is 10.8 Å². The second-order valence-electron chi connectivity index (χ2n) is 7.20. The van der Waals surface area contributed by atoms with Crippen LogP contribution in [0.25, 0.3) is 0 Å². The van der Waals surface area contributed by atoms with Crippen molar-refractivity contribution >= 4 is 5.97 Å². The summed E-state index contributed by atoms with van der Waals surface area (Å²) in [5.74, 6) is -1.08. The molecule has 0 spiro atoms. The van der Waals surface area contributed by atoms with Gasteiger partial charge in [-0.1, -0.05) is 58.3 Å². The van der Waals surface area contributed by atoms with Crippen LogP contribution in [0.2, 0.25) is 0 Å². The van der Waals surface area contributed by atoms with E-state index in [1.165, 1.54) is 77.3 Å². The summed E-state index contributed by atoms with van der Waals surface area (Å²) in [6, 6.07) is 0. The quantitative estimate of drug-likeness (QED) is 0.393. The molecule has 0 aliphatic rings. The fourth-order valence-corrected chi connectivity index (χ4v) is 2.66. The highest BCUT2D eigenvalue weighted by atomic mass is 16.4. The summed E-state index contributed by atoms with van der Waals surface area (Å²) in [4.78, 5) is 8.89. The van der Waals surface area contributed by atoms with E-state index in [2.05, 4.69) is 21.0 Å². The van der Waals surface area contributed by atoms with E-state index in [1.807, 2.05) is 0 Å². The number of quaternary nitrogens is 1. The highest BCUT2D eigenvalue weighted by Crippen LogP contribution is 2.11. The number of carbonyl (C=O) groups excluding carboxylic acids is 1. The summed E-state index contributed by atoms with van der Waals surface area (Å²) in [5, 5.41) is 8.89. The molecule has 0 fully saturated rings. The Morgan fingerprint density at radius 2 is 1.17 bits per heavy atom. The third-order valence-corrected chi connectivity index (χ3v) is 4.08. The lowest BCUT2D eigenvalue weighted by Gasteiger charge is -2.29. The van der Waals surface area contributed by atoms with Crippen LogP contribution in [-0.2, 0) is 4.79 Å². The fourth-order valence-electron chi connectivity index (χ4n) is 2.66. The normalized spacial score (nSPS) is 11.0. The average molecular weight is 331 g/mol. The van der Waals surface area contributed by atoms with Crippen LogP contribution in [0.4, 0.5) is 0 Å². The lowest BCUT2D eigenvalue weighted by Crippen LogP contribution is -2.41. The largest absolute Gasteiger partial charge is 0.550 e. The number of hydrogen-bond donors (Lipinski definition) is 1. The second-order valence-corrected chi connectivity index (χ2v) is 7.20. The van der Waals surface area contributed by atoms with Gasteiger partial charge in [-0.25, -0.2) is 0 Å². The maximum atomic E-state index is 8.89. The molecule has 4 nitrogen and oxygen atoms in total. The Morgan fingerprint density at radius 3 is 1.57 bits per heavy atom. The topological polar surface area (TPSA) is 66.1 Å². The van der Waals surface area contributed by atoms with Crippen LogP contribution in [0.1, 0.15) is 84.5 Å². The zero-order valence-corrected chi connectivity index (χ0v) is 16.2. The van der Waals surface area contributed by atoms with Gasteiger partial charge in [-0.2, -0.15) is 0 Å².